The van der Waals surface area contributed by atoms with Gasteiger partial charge in [0.2, 0.25) is 5.91 Å². The average Bonchev–Trinajstić information content (AvgIpc) is 2.27. The third kappa shape index (κ3) is 3.40. The molecule has 0 atom stereocenters. The fraction of sp³-hybridized carbons (Fsp3) is 0.364. The third-order valence-corrected chi connectivity index (χ3v) is 2.39. The molecule has 0 spiro atoms. The molecule has 0 unspecified atom stereocenters. The van der Waals surface area contributed by atoms with Crippen LogP contribution in [0.25, 0.3) is 0 Å². The number of amides is 1. The molecule has 0 radical (unpaired) electrons. The van der Waals surface area contributed by atoms with Crippen LogP contribution in [0.3, 0.4) is 0 Å². The van der Waals surface area contributed by atoms with Gasteiger partial charge in [-0.15, -0.1) is 0 Å². The molecule has 0 saturated heterocycles. The van der Waals surface area contributed by atoms with Crippen molar-refractivity contribution >= 4 is 17.5 Å². The van der Waals surface area contributed by atoms with Crippen molar-refractivity contribution in [3.05, 3.63) is 28.8 Å². The van der Waals surface area contributed by atoms with Crippen molar-refractivity contribution in [2.75, 3.05) is 20.8 Å². The van der Waals surface area contributed by atoms with Crippen molar-refractivity contribution in [2.24, 2.45) is 0 Å². The number of benzene rings is 1. The van der Waals surface area contributed by atoms with Crippen LogP contribution >= 0.6 is 11.6 Å². The van der Waals surface area contributed by atoms with Crippen molar-refractivity contribution in [3.8, 4) is 5.75 Å². The maximum absolute atomic E-state index is 11.2. The van der Waals surface area contributed by atoms with Gasteiger partial charge in [0.05, 0.1) is 7.11 Å². The molecule has 1 aromatic carbocycles. The van der Waals surface area contributed by atoms with Gasteiger partial charge in [0.25, 0.3) is 0 Å². The van der Waals surface area contributed by atoms with E-state index in [9.17, 15) is 4.79 Å². The summed E-state index contributed by atoms with van der Waals surface area (Å²) in [5, 5.41) is 3.25. The highest BCUT2D eigenvalue weighted by Gasteiger charge is 2.08. The maximum Gasteiger partial charge on any atom is 0.246 e. The molecule has 16 heavy (non-hydrogen) atoms. The van der Waals surface area contributed by atoms with Gasteiger partial charge in [0.15, 0.2) is 0 Å². The van der Waals surface area contributed by atoms with Crippen LogP contribution in [-0.2, 0) is 16.1 Å². The highest BCUT2D eigenvalue weighted by molar-refractivity contribution is 6.31. The van der Waals surface area contributed by atoms with Crippen LogP contribution in [0.4, 0.5) is 0 Å². The van der Waals surface area contributed by atoms with Gasteiger partial charge in [-0.05, 0) is 12.1 Å². The highest BCUT2D eigenvalue weighted by atomic mass is 35.5. The van der Waals surface area contributed by atoms with E-state index in [0.717, 1.165) is 5.56 Å². The van der Waals surface area contributed by atoms with Gasteiger partial charge in [-0.25, -0.2) is 0 Å². The van der Waals surface area contributed by atoms with E-state index in [4.69, 9.17) is 21.1 Å². The minimum Gasteiger partial charge on any atom is -0.496 e. The molecule has 0 heterocycles. The lowest BCUT2D eigenvalue weighted by Gasteiger charge is -2.11. The molecule has 0 aliphatic rings. The average molecular weight is 244 g/mol. The number of rotatable bonds is 5. The first-order valence-electron chi connectivity index (χ1n) is 4.76. The number of hydrogen-bond acceptors (Lipinski definition) is 3. The van der Waals surface area contributed by atoms with E-state index >= 15 is 0 Å². The summed E-state index contributed by atoms with van der Waals surface area (Å²) in [6, 6.07) is 5.34. The Hall–Kier alpha value is -1.26. The highest BCUT2D eigenvalue weighted by Crippen LogP contribution is 2.25. The van der Waals surface area contributed by atoms with Crippen molar-refractivity contribution in [1.29, 1.82) is 0 Å². The van der Waals surface area contributed by atoms with Gasteiger partial charge in [-0.1, -0.05) is 17.7 Å². The summed E-state index contributed by atoms with van der Waals surface area (Å²) in [6.45, 7) is 0.359. The number of carbonyl (C=O) groups excluding carboxylic acids is 1. The van der Waals surface area contributed by atoms with Crippen LogP contribution in [0, 0.1) is 0 Å². The standard InChI is InChI=1S/C11H14ClNO3/c1-15-7-11(14)13-6-8-9(12)4-3-5-10(8)16-2/h3-5H,6-7H2,1-2H3,(H,13,14). The SMILES string of the molecule is COCC(=O)NCc1c(Cl)cccc1OC. The van der Waals surface area contributed by atoms with Crippen molar-refractivity contribution in [2.45, 2.75) is 6.54 Å². The molecule has 0 aliphatic heterocycles. The lowest BCUT2D eigenvalue weighted by Crippen LogP contribution is -2.26. The van der Waals surface area contributed by atoms with Crippen molar-refractivity contribution in [3.63, 3.8) is 0 Å². The molecule has 0 aromatic heterocycles. The zero-order valence-electron chi connectivity index (χ0n) is 9.25. The topological polar surface area (TPSA) is 47.6 Å². The summed E-state index contributed by atoms with van der Waals surface area (Å²) < 4.78 is 9.85. The number of methoxy groups -OCH3 is 2. The molecule has 0 bridgehead atoms. The second kappa shape index (κ2) is 6.35. The fourth-order valence-electron chi connectivity index (χ4n) is 1.27. The quantitative estimate of drug-likeness (QED) is 0.855. The predicted octanol–water partition coefficient (Wildman–Crippen LogP) is 1.61. The van der Waals surface area contributed by atoms with Gasteiger partial charge in [-0.2, -0.15) is 0 Å². The number of halogens is 1. The second-order valence-corrected chi connectivity index (χ2v) is 3.54. The Bertz CT molecular complexity index is 368. The summed E-state index contributed by atoms with van der Waals surface area (Å²) in [4.78, 5) is 11.2. The molecule has 4 nitrogen and oxygen atoms in total. The van der Waals surface area contributed by atoms with Crippen LogP contribution in [-0.4, -0.2) is 26.7 Å². The van der Waals surface area contributed by atoms with Crippen LogP contribution in [0.2, 0.25) is 5.02 Å². The molecule has 1 rings (SSSR count). The predicted molar refractivity (Wildman–Crippen MR) is 61.7 cm³/mol. The van der Waals surface area contributed by atoms with Gasteiger partial charge < -0.3 is 14.8 Å². The number of nitrogens with one attached hydrogen (secondary N) is 1. The van der Waals surface area contributed by atoms with Crippen LogP contribution < -0.4 is 10.1 Å². The van der Waals surface area contributed by atoms with Crippen molar-refractivity contribution < 1.29 is 14.3 Å². The zero-order valence-corrected chi connectivity index (χ0v) is 10.0. The molecular formula is C11H14ClNO3. The summed E-state index contributed by atoms with van der Waals surface area (Å²) in [5.41, 5.74) is 0.760. The van der Waals surface area contributed by atoms with E-state index < -0.39 is 0 Å². The molecule has 1 aromatic rings. The first-order valence-corrected chi connectivity index (χ1v) is 5.14. The first kappa shape index (κ1) is 12.8. The lowest BCUT2D eigenvalue weighted by atomic mass is 10.2. The molecule has 88 valence electrons. The summed E-state index contributed by atoms with van der Waals surface area (Å²) in [7, 11) is 3.03. The summed E-state index contributed by atoms with van der Waals surface area (Å²) in [5.74, 6) is 0.467. The van der Waals surface area contributed by atoms with E-state index in [1.165, 1.54) is 7.11 Å². The van der Waals surface area contributed by atoms with Crippen LogP contribution in [0.5, 0.6) is 5.75 Å². The van der Waals surface area contributed by atoms with Gasteiger partial charge in [0, 0.05) is 24.2 Å². The van der Waals surface area contributed by atoms with E-state index in [-0.39, 0.29) is 12.5 Å². The molecular weight excluding hydrogens is 230 g/mol. The molecule has 1 amide bonds. The van der Waals surface area contributed by atoms with Crippen molar-refractivity contribution in [1.82, 2.24) is 5.32 Å². The number of hydrogen-bond donors (Lipinski definition) is 1. The van der Waals surface area contributed by atoms with E-state index in [1.807, 2.05) is 0 Å². The monoisotopic (exact) mass is 243 g/mol. The van der Waals surface area contributed by atoms with Gasteiger partial charge in [0.1, 0.15) is 12.4 Å². The zero-order chi connectivity index (χ0) is 12.0. The fourth-order valence-corrected chi connectivity index (χ4v) is 1.50. The Morgan fingerprint density at radius 1 is 1.44 bits per heavy atom. The lowest BCUT2D eigenvalue weighted by molar-refractivity contribution is -0.124. The van der Waals surface area contributed by atoms with Gasteiger partial charge >= 0.3 is 0 Å². The Balaban J connectivity index is 2.69. The Labute approximate surface area is 99.5 Å². The van der Waals surface area contributed by atoms with E-state index in [2.05, 4.69) is 5.32 Å². The van der Waals surface area contributed by atoms with Gasteiger partial charge in [-0.3, -0.25) is 4.79 Å². The summed E-state index contributed by atoms with van der Waals surface area (Å²) in [6.07, 6.45) is 0. The number of ether oxygens (including phenoxy) is 2. The minimum absolute atomic E-state index is 0.0345. The number of carbonyl (C=O) groups is 1. The molecule has 1 N–H and O–H groups in total. The Kier molecular flexibility index (Phi) is 5.08. The molecule has 0 saturated carbocycles. The van der Waals surface area contributed by atoms with Crippen LogP contribution in [0.1, 0.15) is 5.56 Å². The summed E-state index contributed by atoms with van der Waals surface area (Å²) >= 11 is 6.01. The molecule has 0 fully saturated rings. The normalized spacial score (nSPS) is 9.94. The largest absolute Gasteiger partial charge is 0.496 e. The Morgan fingerprint density at radius 2 is 2.19 bits per heavy atom. The third-order valence-electron chi connectivity index (χ3n) is 2.03. The van der Waals surface area contributed by atoms with Crippen LogP contribution in [0.15, 0.2) is 18.2 Å². The first-order chi connectivity index (χ1) is 7.69. The molecule has 0 aliphatic carbocycles. The van der Waals surface area contributed by atoms with E-state index in [1.54, 1.807) is 25.3 Å². The maximum atomic E-state index is 11.2. The second-order valence-electron chi connectivity index (χ2n) is 3.13. The Morgan fingerprint density at radius 3 is 2.81 bits per heavy atom. The smallest absolute Gasteiger partial charge is 0.246 e. The minimum atomic E-state index is -0.190. The molecule has 5 heteroatoms. The van der Waals surface area contributed by atoms with E-state index in [0.29, 0.717) is 17.3 Å².